The minimum atomic E-state index is -0.957. The largest absolute Gasteiger partial charge is 0.491 e. The summed E-state index contributed by atoms with van der Waals surface area (Å²) in [7, 11) is 0. The molecule has 1 saturated carbocycles. The van der Waals surface area contributed by atoms with Gasteiger partial charge in [0.2, 0.25) is 0 Å². The number of hydrogen-bond acceptors (Lipinski definition) is 4. The number of rotatable bonds is 6. The standard InChI is InChI=1S/C16H19ClN2O4/c1-16(10-2-3-10)14(21)19(15(22)18-16)8-12(20)9-23-13-6-4-11(17)5-7-13/h4-7,10,12,20H,2-3,8-9H2,1H3,(H,18,22)/t12-,16+/m1/s1. The number of imide groups is 1. The first kappa shape index (κ1) is 16.1. The number of aliphatic hydroxyl groups is 1. The van der Waals surface area contributed by atoms with Gasteiger partial charge in [0, 0.05) is 5.02 Å². The zero-order chi connectivity index (χ0) is 16.6. The molecule has 0 unspecified atom stereocenters. The Bertz CT molecular complexity index is 617. The van der Waals surface area contributed by atoms with Gasteiger partial charge in [0.05, 0.1) is 6.54 Å². The van der Waals surface area contributed by atoms with E-state index in [4.69, 9.17) is 16.3 Å². The van der Waals surface area contributed by atoms with Crippen LogP contribution in [0.15, 0.2) is 24.3 Å². The molecular formula is C16H19ClN2O4. The first-order valence-electron chi connectivity index (χ1n) is 7.60. The van der Waals surface area contributed by atoms with Gasteiger partial charge in [0.25, 0.3) is 5.91 Å². The number of benzene rings is 1. The van der Waals surface area contributed by atoms with E-state index in [0.717, 1.165) is 17.7 Å². The molecule has 1 aromatic rings. The number of ether oxygens (including phenoxy) is 1. The fraction of sp³-hybridized carbons (Fsp3) is 0.500. The maximum absolute atomic E-state index is 12.4. The summed E-state index contributed by atoms with van der Waals surface area (Å²) in [5.41, 5.74) is -0.826. The Kier molecular flexibility index (Phi) is 4.21. The zero-order valence-electron chi connectivity index (χ0n) is 12.8. The van der Waals surface area contributed by atoms with Crippen LogP contribution in [0.2, 0.25) is 5.02 Å². The van der Waals surface area contributed by atoms with Crippen LogP contribution >= 0.6 is 11.6 Å². The normalized spacial score (nSPS) is 25.4. The van der Waals surface area contributed by atoms with Crippen LogP contribution in [-0.2, 0) is 4.79 Å². The summed E-state index contributed by atoms with van der Waals surface area (Å²) in [6.07, 6.45) is 0.930. The summed E-state index contributed by atoms with van der Waals surface area (Å²) in [5, 5.41) is 13.4. The van der Waals surface area contributed by atoms with Crippen LogP contribution in [0, 0.1) is 5.92 Å². The topological polar surface area (TPSA) is 78.9 Å². The first-order chi connectivity index (χ1) is 10.9. The lowest BCUT2D eigenvalue weighted by Crippen LogP contribution is -2.46. The molecule has 3 amide bonds. The number of amides is 3. The van der Waals surface area contributed by atoms with Crippen LogP contribution in [-0.4, -0.2) is 46.7 Å². The van der Waals surface area contributed by atoms with Gasteiger partial charge in [0.15, 0.2) is 0 Å². The molecule has 1 saturated heterocycles. The van der Waals surface area contributed by atoms with Crippen molar-refractivity contribution in [3.63, 3.8) is 0 Å². The molecule has 1 aliphatic heterocycles. The van der Waals surface area contributed by atoms with Crippen LogP contribution < -0.4 is 10.1 Å². The third kappa shape index (κ3) is 3.28. The average molecular weight is 339 g/mol. The fourth-order valence-corrected chi connectivity index (χ4v) is 2.93. The monoisotopic (exact) mass is 338 g/mol. The van der Waals surface area contributed by atoms with Gasteiger partial charge < -0.3 is 15.2 Å². The van der Waals surface area contributed by atoms with E-state index in [-0.39, 0.29) is 25.0 Å². The summed E-state index contributed by atoms with van der Waals surface area (Å²) in [6.45, 7) is 1.65. The molecule has 2 atom stereocenters. The molecule has 7 heteroatoms. The van der Waals surface area contributed by atoms with Gasteiger partial charge in [-0.15, -0.1) is 0 Å². The number of nitrogens with one attached hydrogen (secondary N) is 1. The van der Waals surface area contributed by atoms with E-state index in [1.165, 1.54) is 0 Å². The Morgan fingerprint density at radius 3 is 2.65 bits per heavy atom. The average Bonchev–Trinajstić information content (AvgIpc) is 3.33. The second-order valence-corrected chi connectivity index (χ2v) is 6.68. The van der Waals surface area contributed by atoms with E-state index < -0.39 is 17.7 Å². The van der Waals surface area contributed by atoms with Crippen molar-refractivity contribution in [3.05, 3.63) is 29.3 Å². The number of carbonyl (C=O) groups excluding carboxylic acids is 2. The fourth-order valence-electron chi connectivity index (χ4n) is 2.81. The van der Waals surface area contributed by atoms with Crippen molar-refractivity contribution in [2.45, 2.75) is 31.4 Å². The van der Waals surface area contributed by atoms with Crippen molar-refractivity contribution >= 4 is 23.5 Å². The maximum atomic E-state index is 12.4. The predicted octanol–water partition coefficient (Wildman–Crippen LogP) is 1.80. The number of hydrogen-bond donors (Lipinski definition) is 2. The van der Waals surface area contributed by atoms with Crippen LogP contribution in [0.3, 0.4) is 0 Å². The van der Waals surface area contributed by atoms with Crippen molar-refractivity contribution in [2.24, 2.45) is 5.92 Å². The van der Waals surface area contributed by atoms with Crippen molar-refractivity contribution in [2.75, 3.05) is 13.2 Å². The predicted molar refractivity (Wildman–Crippen MR) is 84.3 cm³/mol. The Balaban J connectivity index is 1.55. The minimum absolute atomic E-state index is 0.0150. The van der Waals surface area contributed by atoms with Crippen LogP contribution in [0.5, 0.6) is 5.75 Å². The molecule has 0 bridgehead atoms. The first-order valence-corrected chi connectivity index (χ1v) is 7.98. The number of halogens is 1. The van der Waals surface area contributed by atoms with Gasteiger partial charge in [-0.1, -0.05) is 11.6 Å². The minimum Gasteiger partial charge on any atom is -0.491 e. The molecule has 0 aromatic heterocycles. The Labute approximate surface area is 139 Å². The molecule has 124 valence electrons. The van der Waals surface area contributed by atoms with Crippen LogP contribution in [0.4, 0.5) is 4.79 Å². The van der Waals surface area contributed by atoms with Crippen molar-refractivity contribution in [1.29, 1.82) is 0 Å². The molecule has 6 nitrogen and oxygen atoms in total. The number of urea groups is 1. The molecule has 23 heavy (non-hydrogen) atoms. The van der Waals surface area contributed by atoms with Gasteiger partial charge in [-0.05, 0) is 49.9 Å². The van der Waals surface area contributed by atoms with E-state index in [1.54, 1.807) is 31.2 Å². The second-order valence-electron chi connectivity index (χ2n) is 6.24. The van der Waals surface area contributed by atoms with Crippen LogP contribution in [0.1, 0.15) is 19.8 Å². The number of β-amino-alcohol motifs (C(OH)–C–C–N with tert-alkyl or cyclic N) is 1. The molecule has 0 radical (unpaired) electrons. The molecule has 3 rings (SSSR count). The number of nitrogens with zero attached hydrogens (tertiary/aromatic N) is 1. The number of aliphatic hydroxyl groups excluding tert-OH is 1. The molecule has 2 aliphatic rings. The highest BCUT2D eigenvalue weighted by Crippen LogP contribution is 2.42. The van der Waals surface area contributed by atoms with Gasteiger partial charge in [0.1, 0.15) is 24.0 Å². The molecule has 1 heterocycles. The van der Waals surface area contributed by atoms with Gasteiger partial charge >= 0.3 is 6.03 Å². The summed E-state index contributed by atoms with van der Waals surface area (Å²) in [6, 6.07) is 6.29. The summed E-state index contributed by atoms with van der Waals surface area (Å²) in [4.78, 5) is 25.5. The van der Waals surface area contributed by atoms with Gasteiger partial charge in [-0.2, -0.15) is 0 Å². The molecule has 1 aromatic carbocycles. The summed E-state index contributed by atoms with van der Waals surface area (Å²) < 4.78 is 5.44. The third-order valence-electron chi connectivity index (χ3n) is 4.34. The van der Waals surface area contributed by atoms with Crippen molar-refractivity contribution in [3.8, 4) is 5.75 Å². The molecule has 1 aliphatic carbocycles. The van der Waals surface area contributed by atoms with Gasteiger partial charge in [-0.25, -0.2) is 4.79 Å². The SMILES string of the molecule is C[C@@]1(C2CC2)NC(=O)N(C[C@@H](O)COc2ccc(Cl)cc2)C1=O. The molecular weight excluding hydrogens is 320 g/mol. The smallest absolute Gasteiger partial charge is 0.325 e. The highest BCUT2D eigenvalue weighted by atomic mass is 35.5. The Hall–Kier alpha value is -1.79. The second kappa shape index (κ2) is 6.02. The van der Waals surface area contributed by atoms with Crippen molar-refractivity contribution < 1.29 is 19.4 Å². The van der Waals surface area contributed by atoms with Crippen molar-refractivity contribution in [1.82, 2.24) is 10.2 Å². The lowest BCUT2D eigenvalue weighted by Gasteiger charge is -2.22. The lowest BCUT2D eigenvalue weighted by molar-refractivity contribution is -0.132. The molecule has 0 spiro atoms. The van der Waals surface area contributed by atoms with Crippen LogP contribution in [0.25, 0.3) is 0 Å². The van der Waals surface area contributed by atoms with E-state index in [1.807, 2.05) is 0 Å². The lowest BCUT2D eigenvalue weighted by atomic mass is 9.96. The quantitative estimate of drug-likeness (QED) is 0.775. The molecule has 2 fully saturated rings. The zero-order valence-corrected chi connectivity index (χ0v) is 13.5. The summed E-state index contributed by atoms with van der Waals surface area (Å²) >= 11 is 5.78. The van der Waals surface area contributed by atoms with Gasteiger partial charge in [-0.3, -0.25) is 9.69 Å². The highest BCUT2D eigenvalue weighted by molar-refractivity contribution is 6.30. The number of carbonyl (C=O) groups is 2. The summed E-state index contributed by atoms with van der Waals surface area (Å²) in [5.74, 6) is 0.496. The van der Waals surface area contributed by atoms with E-state index in [9.17, 15) is 14.7 Å². The van der Waals surface area contributed by atoms with E-state index in [0.29, 0.717) is 10.8 Å². The third-order valence-corrected chi connectivity index (χ3v) is 4.60. The van der Waals surface area contributed by atoms with E-state index in [2.05, 4.69) is 5.32 Å². The maximum Gasteiger partial charge on any atom is 0.325 e. The molecule has 2 N–H and O–H groups in total. The highest BCUT2D eigenvalue weighted by Gasteiger charge is 2.56. The Morgan fingerprint density at radius 1 is 1.39 bits per heavy atom. The Morgan fingerprint density at radius 2 is 2.04 bits per heavy atom. The van der Waals surface area contributed by atoms with E-state index >= 15 is 0 Å².